The Labute approximate surface area is 115 Å². The van der Waals surface area contributed by atoms with Gasteiger partial charge in [-0.15, -0.1) is 0 Å². The van der Waals surface area contributed by atoms with Crippen LogP contribution in [0.5, 0.6) is 5.75 Å². The van der Waals surface area contributed by atoms with Gasteiger partial charge in [-0.3, -0.25) is 0 Å². The van der Waals surface area contributed by atoms with E-state index in [0.717, 1.165) is 0 Å². The van der Waals surface area contributed by atoms with Gasteiger partial charge in [0.2, 0.25) is 0 Å². The van der Waals surface area contributed by atoms with E-state index in [4.69, 9.17) is 44.3 Å². The molecule has 0 aliphatic carbocycles. The van der Waals surface area contributed by atoms with E-state index in [2.05, 4.69) is 0 Å². The zero-order valence-corrected chi connectivity index (χ0v) is 11.8. The maximum atomic E-state index is 11.4. The van der Waals surface area contributed by atoms with E-state index in [1.54, 1.807) is 20.8 Å². The Kier molecular flexibility index (Phi) is 4.53. The average Bonchev–Trinajstić information content (AvgIpc) is 2.16. The number of rotatable bonds is 1. The summed E-state index contributed by atoms with van der Waals surface area (Å²) in [7, 11) is 0. The second-order valence-electron chi connectivity index (χ2n) is 4.24. The molecule has 0 radical (unpaired) electrons. The molecular weight excluding hydrogens is 286 g/mol. The molecule has 0 saturated heterocycles. The number of hydrogen-bond acceptors (Lipinski definition) is 3. The quantitative estimate of drug-likeness (QED) is 0.417. The minimum absolute atomic E-state index is 0.0741. The molecule has 94 valence electrons. The second kappa shape index (κ2) is 5.34. The van der Waals surface area contributed by atoms with E-state index >= 15 is 0 Å². The molecule has 0 atom stereocenters. The van der Waals surface area contributed by atoms with Gasteiger partial charge in [0.25, 0.3) is 0 Å². The molecule has 17 heavy (non-hydrogen) atoms. The van der Waals surface area contributed by atoms with E-state index < -0.39 is 11.8 Å². The summed E-state index contributed by atoms with van der Waals surface area (Å²) >= 11 is 17.4. The van der Waals surface area contributed by atoms with Crippen LogP contribution in [0, 0.1) is 0 Å². The van der Waals surface area contributed by atoms with Gasteiger partial charge in [0.1, 0.15) is 10.6 Å². The minimum Gasteiger partial charge on any atom is -0.428 e. The van der Waals surface area contributed by atoms with Gasteiger partial charge >= 0.3 is 6.16 Å². The summed E-state index contributed by atoms with van der Waals surface area (Å²) in [5.41, 5.74) is -0.639. The maximum Gasteiger partial charge on any atom is 0.514 e. The molecule has 1 aromatic carbocycles. The SMILES string of the molecule is CC(C)(C)OC(=O)Oc1ccc(Cl)c(Cl)c1Cl. The van der Waals surface area contributed by atoms with Crippen LogP contribution >= 0.6 is 34.8 Å². The summed E-state index contributed by atoms with van der Waals surface area (Å²) in [4.78, 5) is 11.4. The summed E-state index contributed by atoms with van der Waals surface area (Å²) in [6, 6.07) is 2.93. The summed E-state index contributed by atoms with van der Waals surface area (Å²) in [5, 5.41) is 0.493. The first-order chi connectivity index (χ1) is 7.70. The van der Waals surface area contributed by atoms with E-state index in [9.17, 15) is 4.79 Å². The normalized spacial score (nSPS) is 11.2. The molecule has 0 spiro atoms. The highest BCUT2D eigenvalue weighted by Crippen LogP contribution is 2.37. The highest BCUT2D eigenvalue weighted by molar-refractivity contribution is 6.48. The second-order valence-corrected chi connectivity index (χ2v) is 5.40. The molecule has 0 aliphatic heterocycles. The number of halogens is 3. The van der Waals surface area contributed by atoms with Crippen LogP contribution in [0.15, 0.2) is 12.1 Å². The van der Waals surface area contributed by atoms with E-state index in [0.29, 0.717) is 0 Å². The van der Waals surface area contributed by atoms with Crippen molar-refractivity contribution in [3.05, 3.63) is 27.2 Å². The minimum atomic E-state index is -0.849. The number of ether oxygens (including phenoxy) is 2. The Balaban J connectivity index is 2.83. The van der Waals surface area contributed by atoms with E-state index in [1.807, 2.05) is 0 Å². The zero-order chi connectivity index (χ0) is 13.2. The molecule has 0 heterocycles. The van der Waals surface area contributed by atoms with Crippen LogP contribution in [0.2, 0.25) is 15.1 Å². The van der Waals surface area contributed by atoms with Gasteiger partial charge in [0.05, 0.1) is 10.0 Å². The molecule has 0 aliphatic rings. The first-order valence-corrected chi connectivity index (χ1v) is 5.88. The Morgan fingerprint density at radius 3 is 2.24 bits per heavy atom. The molecule has 0 fully saturated rings. The highest BCUT2D eigenvalue weighted by atomic mass is 35.5. The largest absolute Gasteiger partial charge is 0.514 e. The smallest absolute Gasteiger partial charge is 0.428 e. The van der Waals surface area contributed by atoms with Crippen molar-refractivity contribution >= 4 is 41.0 Å². The lowest BCUT2D eigenvalue weighted by Gasteiger charge is -2.19. The summed E-state index contributed by atoms with van der Waals surface area (Å²) in [5.74, 6) is 0.107. The number of hydrogen-bond donors (Lipinski definition) is 0. The van der Waals surface area contributed by atoms with Gasteiger partial charge in [0, 0.05) is 0 Å². The van der Waals surface area contributed by atoms with Crippen molar-refractivity contribution in [1.29, 1.82) is 0 Å². The molecule has 0 amide bonds. The van der Waals surface area contributed by atoms with Crippen LogP contribution in [0.25, 0.3) is 0 Å². The van der Waals surface area contributed by atoms with Crippen LogP contribution in [0.1, 0.15) is 20.8 Å². The topological polar surface area (TPSA) is 35.5 Å². The highest BCUT2D eigenvalue weighted by Gasteiger charge is 2.20. The zero-order valence-electron chi connectivity index (χ0n) is 9.51. The molecular formula is C11H11Cl3O3. The predicted octanol–water partition coefficient (Wildman–Crippen LogP) is 4.96. The molecule has 0 bridgehead atoms. The lowest BCUT2D eigenvalue weighted by molar-refractivity contribution is 0.0206. The Hall–Kier alpha value is -0.640. The fraction of sp³-hybridized carbons (Fsp3) is 0.364. The summed E-state index contributed by atoms with van der Waals surface area (Å²) in [6.07, 6.45) is -0.849. The van der Waals surface area contributed by atoms with Gasteiger partial charge in [-0.2, -0.15) is 0 Å². The third kappa shape index (κ3) is 4.26. The van der Waals surface area contributed by atoms with Crippen LogP contribution in [-0.4, -0.2) is 11.8 Å². The molecule has 6 heteroatoms. The summed E-state index contributed by atoms with van der Waals surface area (Å²) < 4.78 is 9.89. The number of carbonyl (C=O) groups excluding carboxylic acids is 1. The van der Waals surface area contributed by atoms with Crippen molar-refractivity contribution < 1.29 is 14.3 Å². The van der Waals surface area contributed by atoms with Crippen molar-refractivity contribution in [2.24, 2.45) is 0 Å². The first-order valence-electron chi connectivity index (χ1n) is 4.75. The van der Waals surface area contributed by atoms with Gasteiger partial charge in [-0.25, -0.2) is 4.79 Å². The predicted molar refractivity (Wildman–Crippen MR) is 68.3 cm³/mol. The molecule has 1 aromatic rings. The standard InChI is InChI=1S/C11H11Cl3O3/c1-11(2,3)17-10(15)16-7-5-4-6(12)8(13)9(7)14/h4-5H,1-3H3. The van der Waals surface area contributed by atoms with E-state index in [-0.39, 0.29) is 20.8 Å². The molecule has 0 unspecified atom stereocenters. The van der Waals surface area contributed by atoms with Crippen LogP contribution in [0.4, 0.5) is 4.79 Å². The van der Waals surface area contributed by atoms with Crippen molar-refractivity contribution in [1.82, 2.24) is 0 Å². The third-order valence-corrected chi connectivity index (χ3v) is 2.86. The van der Waals surface area contributed by atoms with Gasteiger partial charge in [-0.1, -0.05) is 34.8 Å². The van der Waals surface area contributed by atoms with Crippen LogP contribution in [0.3, 0.4) is 0 Å². The summed E-state index contributed by atoms with van der Waals surface area (Å²) in [6.45, 7) is 5.18. The molecule has 0 N–H and O–H groups in total. The Morgan fingerprint density at radius 1 is 1.12 bits per heavy atom. The third-order valence-electron chi connectivity index (χ3n) is 1.58. The average molecular weight is 298 g/mol. The molecule has 3 nitrogen and oxygen atoms in total. The molecule has 0 saturated carbocycles. The lowest BCUT2D eigenvalue weighted by Crippen LogP contribution is -2.26. The van der Waals surface area contributed by atoms with Gasteiger partial charge in [-0.05, 0) is 32.9 Å². The van der Waals surface area contributed by atoms with Gasteiger partial charge in [0.15, 0.2) is 5.75 Å². The van der Waals surface area contributed by atoms with Crippen molar-refractivity contribution in [3.63, 3.8) is 0 Å². The lowest BCUT2D eigenvalue weighted by atomic mass is 10.2. The number of benzene rings is 1. The first kappa shape index (κ1) is 14.4. The monoisotopic (exact) mass is 296 g/mol. The molecule has 0 aromatic heterocycles. The van der Waals surface area contributed by atoms with Gasteiger partial charge < -0.3 is 9.47 Å². The van der Waals surface area contributed by atoms with E-state index in [1.165, 1.54) is 12.1 Å². The Bertz CT molecular complexity index is 438. The fourth-order valence-corrected chi connectivity index (χ4v) is 1.51. The maximum absolute atomic E-state index is 11.4. The van der Waals surface area contributed by atoms with Crippen molar-refractivity contribution in [2.45, 2.75) is 26.4 Å². The van der Waals surface area contributed by atoms with Crippen LogP contribution < -0.4 is 4.74 Å². The Morgan fingerprint density at radius 2 is 1.71 bits per heavy atom. The van der Waals surface area contributed by atoms with Crippen molar-refractivity contribution in [3.8, 4) is 5.75 Å². The molecule has 1 rings (SSSR count). The number of carbonyl (C=O) groups is 1. The fourth-order valence-electron chi connectivity index (χ4n) is 0.948. The van der Waals surface area contributed by atoms with Crippen molar-refractivity contribution in [2.75, 3.05) is 0 Å². The van der Waals surface area contributed by atoms with Crippen LogP contribution in [-0.2, 0) is 4.74 Å².